The zero-order chi connectivity index (χ0) is 11.5. The predicted molar refractivity (Wildman–Crippen MR) is 65.7 cm³/mol. The molecule has 2 aromatic rings. The minimum absolute atomic E-state index is 0.341. The average molecular weight is 218 g/mol. The number of likely N-dealkylation sites (N-methyl/N-ethyl adjacent to an activating group) is 1. The van der Waals surface area contributed by atoms with Gasteiger partial charge in [0.1, 0.15) is 5.52 Å². The first-order chi connectivity index (χ1) is 7.70. The van der Waals surface area contributed by atoms with Crippen molar-refractivity contribution >= 4 is 11.1 Å². The summed E-state index contributed by atoms with van der Waals surface area (Å²) in [6, 6.07) is 6.24. The lowest BCUT2D eigenvalue weighted by Gasteiger charge is -1.99. The number of aromatic nitrogens is 1. The van der Waals surface area contributed by atoms with Gasteiger partial charge in [0, 0.05) is 5.92 Å². The lowest BCUT2D eigenvalue weighted by atomic mass is 10.1. The molecule has 1 aromatic carbocycles. The van der Waals surface area contributed by atoms with E-state index in [0.717, 1.165) is 30.0 Å². The van der Waals surface area contributed by atoms with Gasteiger partial charge in [0.05, 0.1) is 0 Å². The number of benzene rings is 1. The van der Waals surface area contributed by atoms with Crippen molar-refractivity contribution < 1.29 is 4.42 Å². The zero-order valence-corrected chi connectivity index (χ0v) is 10.1. The van der Waals surface area contributed by atoms with Crippen molar-refractivity contribution in [1.29, 1.82) is 0 Å². The summed E-state index contributed by atoms with van der Waals surface area (Å²) in [6.45, 7) is 5.16. The molecule has 0 atom stereocenters. The van der Waals surface area contributed by atoms with Gasteiger partial charge < -0.3 is 9.73 Å². The molecule has 3 heteroatoms. The van der Waals surface area contributed by atoms with Crippen LogP contribution in [-0.2, 0) is 6.42 Å². The number of rotatable bonds is 4. The van der Waals surface area contributed by atoms with Gasteiger partial charge in [0.15, 0.2) is 11.5 Å². The van der Waals surface area contributed by atoms with Crippen LogP contribution in [0.5, 0.6) is 0 Å². The summed E-state index contributed by atoms with van der Waals surface area (Å²) in [5, 5.41) is 3.14. The smallest absolute Gasteiger partial charge is 0.198 e. The molecule has 86 valence electrons. The lowest BCUT2D eigenvalue weighted by Crippen LogP contribution is -2.10. The summed E-state index contributed by atoms with van der Waals surface area (Å²) < 4.78 is 5.72. The Morgan fingerprint density at radius 1 is 1.38 bits per heavy atom. The molecule has 1 N–H and O–H groups in total. The van der Waals surface area contributed by atoms with Crippen molar-refractivity contribution in [1.82, 2.24) is 10.3 Å². The quantitative estimate of drug-likeness (QED) is 0.857. The van der Waals surface area contributed by atoms with Crippen LogP contribution in [0.3, 0.4) is 0 Å². The highest BCUT2D eigenvalue weighted by Gasteiger charge is 2.09. The van der Waals surface area contributed by atoms with E-state index in [1.807, 2.05) is 13.1 Å². The molecule has 0 aliphatic rings. The van der Waals surface area contributed by atoms with Crippen LogP contribution in [0.4, 0.5) is 0 Å². The van der Waals surface area contributed by atoms with E-state index < -0.39 is 0 Å². The van der Waals surface area contributed by atoms with E-state index in [2.05, 4.69) is 36.3 Å². The molecule has 0 fully saturated rings. The number of hydrogen-bond acceptors (Lipinski definition) is 3. The van der Waals surface area contributed by atoms with E-state index in [-0.39, 0.29) is 0 Å². The second-order valence-electron chi connectivity index (χ2n) is 4.36. The Bertz CT molecular complexity index is 474. The Balaban J connectivity index is 2.30. The van der Waals surface area contributed by atoms with Crippen LogP contribution in [-0.4, -0.2) is 18.6 Å². The molecule has 0 radical (unpaired) electrons. The van der Waals surface area contributed by atoms with Crippen molar-refractivity contribution in [3.05, 3.63) is 29.7 Å². The van der Waals surface area contributed by atoms with Gasteiger partial charge in [-0.1, -0.05) is 19.9 Å². The highest BCUT2D eigenvalue weighted by Crippen LogP contribution is 2.22. The Morgan fingerprint density at radius 2 is 2.19 bits per heavy atom. The van der Waals surface area contributed by atoms with E-state index in [1.54, 1.807) is 0 Å². The lowest BCUT2D eigenvalue weighted by molar-refractivity contribution is 0.501. The van der Waals surface area contributed by atoms with E-state index >= 15 is 0 Å². The molecule has 1 aromatic heterocycles. The van der Waals surface area contributed by atoms with Crippen molar-refractivity contribution in [3.8, 4) is 0 Å². The first kappa shape index (κ1) is 11.1. The van der Waals surface area contributed by atoms with Crippen molar-refractivity contribution in [2.24, 2.45) is 0 Å². The van der Waals surface area contributed by atoms with Crippen molar-refractivity contribution in [2.45, 2.75) is 26.2 Å². The summed E-state index contributed by atoms with van der Waals surface area (Å²) in [6.07, 6.45) is 1.02. The fraction of sp³-hybridized carbons (Fsp3) is 0.462. The van der Waals surface area contributed by atoms with E-state index in [0.29, 0.717) is 5.92 Å². The van der Waals surface area contributed by atoms with Crippen LogP contribution < -0.4 is 5.32 Å². The summed E-state index contributed by atoms with van der Waals surface area (Å²) in [5.41, 5.74) is 3.14. The Labute approximate surface area is 95.9 Å². The van der Waals surface area contributed by atoms with Crippen LogP contribution in [0.2, 0.25) is 0 Å². The third-order valence-corrected chi connectivity index (χ3v) is 2.63. The normalized spacial score (nSPS) is 11.5. The molecule has 0 aliphatic heterocycles. The second-order valence-corrected chi connectivity index (χ2v) is 4.36. The minimum atomic E-state index is 0.341. The third kappa shape index (κ3) is 2.25. The average Bonchev–Trinajstić information content (AvgIpc) is 2.69. The molecule has 0 saturated carbocycles. The fourth-order valence-corrected chi connectivity index (χ4v) is 1.66. The van der Waals surface area contributed by atoms with Gasteiger partial charge in [-0.25, -0.2) is 4.98 Å². The van der Waals surface area contributed by atoms with Crippen molar-refractivity contribution in [3.63, 3.8) is 0 Å². The van der Waals surface area contributed by atoms with Crippen LogP contribution in [0.15, 0.2) is 22.6 Å². The van der Waals surface area contributed by atoms with Gasteiger partial charge in [-0.2, -0.15) is 0 Å². The van der Waals surface area contributed by atoms with E-state index in [1.165, 1.54) is 5.56 Å². The van der Waals surface area contributed by atoms with Gasteiger partial charge >= 0.3 is 0 Å². The van der Waals surface area contributed by atoms with Crippen LogP contribution in [0, 0.1) is 0 Å². The Morgan fingerprint density at radius 3 is 2.88 bits per heavy atom. The molecule has 0 amide bonds. The molecular formula is C13H18N2O. The Kier molecular flexibility index (Phi) is 3.25. The zero-order valence-electron chi connectivity index (χ0n) is 10.1. The summed E-state index contributed by atoms with van der Waals surface area (Å²) in [4.78, 5) is 4.45. The van der Waals surface area contributed by atoms with Crippen LogP contribution in [0.1, 0.15) is 31.2 Å². The van der Waals surface area contributed by atoms with Gasteiger partial charge in [-0.3, -0.25) is 0 Å². The van der Waals surface area contributed by atoms with Crippen LogP contribution in [0.25, 0.3) is 11.1 Å². The molecular weight excluding hydrogens is 200 g/mol. The predicted octanol–water partition coefficient (Wildman–Crippen LogP) is 2.71. The summed E-state index contributed by atoms with van der Waals surface area (Å²) in [5.74, 6) is 1.16. The number of nitrogens with one attached hydrogen (secondary N) is 1. The molecule has 0 bridgehead atoms. The van der Waals surface area contributed by atoms with Gasteiger partial charge in [0.2, 0.25) is 0 Å². The number of nitrogens with zero attached hydrogens (tertiary/aromatic N) is 1. The number of oxazole rings is 1. The van der Waals surface area contributed by atoms with Gasteiger partial charge in [-0.05, 0) is 37.7 Å². The standard InChI is InChI=1S/C13H18N2O/c1-9(2)13-15-11-5-4-10(6-7-14-3)8-12(11)16-13/h4-5,8-9,14H,6-7H2,1-3H3. The van der Waals surface area contributed by atoms with Gasteiger partial charge in [-0.15, -0.1) is 0 Å². The molecule has 1 heterocycles. The summed E-state index contributed by atoms with van der Waals surface area (Å²) >= 11 is 0. The molecule has 0 unspecified atom stereocenters. The summed E-state index contributed by atoms with van der Waals surface area (Å²) in [7, 11) is 1.96. The molecule has 0 saturated heterocycles. The second kappa shape index (κ2) is 4.66. The monoisotopic (exact) mass is 218 g/mol. The highest BCUT2D eigenvalue weighted by molar-refractivity contribution is 5.73. The first-order valence-electron chi connectivity index (χ1n) is 5.74. The maximum atomic E-state index is 5.72. The third-order valence-electron chi connectivity index (χ3n) is 2.63. The molecule has 16 heavy (non-hydrogen) atoms. The molecule has 0 spiro atoms. The largest absolute Gasteiger partial charge is 0.440 e. The number of fused-ring (bicyclic) bond motifs is 1. The first-order valence-corrected chi connectivity index (χ1v) is 5.74. The fourth-order valence-electron chi connectivity index (χ4n) is 1.66. The molecule has 3 nitrogen and oxygen atoms in total. The van der Waals surface area contributed by atoms with Crippen LogP contribution >= 0.6 is 0 Å². The highest BCUT2D eigenvalue weighted by atomic mass is 16.3. The number of hydrogen-bond donors (Lipinski definition) is 1. The van der Waals surface area contributed by atoms with E-state index in [4.69, 9.17) is 4.42 Å². The minimum Gasteiger partial charge on any atom is -0.440 e. The topological polar surface area (TPSA) is 38.1 Å². The van der Waals surface area contributed by atoms with Crippen molar-refractivity contribution in [2.75, 3.05) is 13.6 Å². The Hall–Kier alpha value is -1.35. The maximum absolute atomic E-state index is 5.72. The molecule has 0 aliphatic carbocycles. The SMILES string of the molecule is CNCCc1ccc2nc(C(C)C)oc2c1. The maximum Gasteiger partial charge on any atom is 0.198 e. The molecule has 2 rings (SSSR count). The van der Waals surface area contributed by atoms with Gasteiger partial charge in [0.25, 0.3) is 0 Å². The van der Waals surface area contributed by atoms with E-state index in [9.17, 15) is 0 Å².